The maximum Gasteiger partial charge on any atom is 0.387 e. The highest BCUT2D eigenvalue weighted by Crippen LogP contribution is 2.29. The van der Waals surface area contributed by atoms with Crippen molar-refractivity contribution in [1.29, 1.82) is 0 Å². The fourth-order valence-electron chi connectivity index (χ4n) is 3.06. The highest BCUT2D eigenvalue weighted by Gasteiger charge is 2.20. The number of carbonyl (C=O) groups excluding carboxylic acids is 1. The highest BCUT2D eigenvalue weighted by atomic mass is 19.3. The Morgan fingerprint density at radius 2 is 1.92 bits per heavy atom. The SMILES string of the molecule is O=C(/C=C/c1ccc(OC(F)F)cc1)N[C@@H]1CCCc2ccccc21. The number of hydrogen-bond donors (Lipinski definition) is 1. The number of amides is 1. The van der Waals surface area contributed by atoms with E-state index in [9.17, 15) is 13.6 Å². The summed E-state index contributed by atoms with van der Waals surface area (Å²) in [7, 11) is 0. The minimum atomic E-state index is -2.84. The summed E-state index contributed by atoms with van der Waals surface area (Å²) in [5.74, 6) is -0.0787. The average molecular weight is 343 g/mol. The molecule has 0 unspecified atom stereocenters. The zero-order valence-electron chi connectivity index (χ0n) is 13.6. The number of benzene rings is 2. The molecule has 3 nitrogen and oxygen atoms in total. The van der Waals surface area contributed by atoms with Crippen molar-refractivity contribution in [3.8, 4) is 5.75 Å². The molecule has 1 N–H and O–H groups in total. The maximum atomic E-state index is 12.2. The molecule has 2 aromatic rings. The van der Waals surface area contributed by atoms with Crippen LogP contribution >= 0.6 is 0 Å². The van der Waals surface area contributed by atoms with Crippen molar-refractivity contribution in [2.45, 2.75) is 31.9 Å². The van der Waals surface area contributed by atoms with Gasteiger partial charge in [0.25, 0.3) is 0 Å². The largest absolute Gasteiger partial charge is 0.435 e. The molecule has 1 aliphatic carbocycles. The summed E-state index contributed by atoms with van der Waals surface area (Å²) in [5.41, 5.74) is 3.21. The van der Waals surface area contributed by atoms with E-state index in [4.69, 9.17) is 0 Å². The number of ether oxygens (including phenoxy) is 1. The molecule has 1 aliphatic rings. The zero-order chi connectivity index (χ0) is 17.6. The molecule has 1 atom stereocenters. The smallest absolute Gasteiger partial charge is 0.387 e. The molecule has 130 valence electrons. The normalized spacial score (nSPS) is 16.7. The Morgan fingerprint density at radius 1 is 1.16 bits per heavy atom. The van der Waals surface area contributed by atoms with Gasteiger partial charge in [0.2, 0.25) is 5.91 Å². The predicted octanol–water partition coefficient (Wildman–Crippen LogP) is 4.50. The van der Waals surface area contributed by atoms with Crippen molar-refractivity contribution in [2.75, 3.05) is 0 Å². The quantitative estimate of drug-likeness (QED) is 0.812. The number of rotatable bonds is 5. The van der Waals surface area contributed by atoms with Crippen molar-refractivity contribution in [3.63, 3.8) is 0 Å². The van der Waals surface area contributed by atoms with E-state index in [1.54, 1.807) is 18.2 Å². The van der Waals surface area contributed by atoms with Gasteiger partial charge in [0.15, 0.2) is 0 Å². The van der Waals surface area contributed by atoms with E-state index in [-0.39, 0.29) is 17.7 Å². The topological polar surface area (TPSA) is 38.3 Å². The summed E-state index contributed by atoms with van der Waals surface area (Å²) in [6.07, 6.45) is 6.13. The third kappa shape index (κ3) is 4.66. The monoisotopic (exact) mass is 343 g/mol. The number of alkyl halides is 2. The molecule has 0 heterocycles. The Kier molecular flexibility index (Phi) is 5.43. The van der Waals surface area contributed by atoms with Crippen LogP contribution in [0.3, 0.4) is 0 Å². The van der Waals surface area contributed by atoms with Gasteiger partial charge >= 0.3 is 6.61 Å². The second kappa shape index (κ2) is 7.92. The molecule has 5 heteroatoms. The first-order valence-corrected chi connectivity index (χ1v) is 8.23. The Labute approximate surface area is 145 Å². The molecule has 0 saturated heterocycles. The van der Waals surface area contributed by atoms with Crippen molar-refractivity contribution >= 4 is 12.0 Å². The summed E-state index contributed by atoms with van der Waals surface area (Å²) < 4.78 is 28.5. The second-order valence-electron chi connectivity index (χ2n) is 5.93. The molecule has 0 aromatic heterocycles. The van der Waals surface area contributed by atoms with Gasteiger partial charge in [0.05, 0.1) is 6.04 Å². The second-order valence-corrected chi connectivity index (χ2v) is 5.93. The molecule has 3 rings (SSSR count). The van der Waals surface area contributed by atoms with Crippen molar-refractivity contribution in [3.05, 3.63) is 71.3 Å². The van der Waals surface area contributed by atoms with Gasteiger partial charge in [-0.3, -0.25) is 4.79 Å². The van der Waals surface area contributed by atoms with Gasteiger partial charge in [-0.25, -0.2) is 0 Å². The number of fused-ring (bicyclic) bond motifs is 1. The molecule has 1 amide bonds. The van der Waals surface area contributed by atoms with Crippen LogP contribution in [0.2, 0.25) is 0 Å². The van der Waals surface area contributed by atoms with Crippen LogP contribution in [-0.2, 0) is 11.2 Å². The number of carbonyl (C=O) groups is 1. The molecule has 0 bridgehead atoms. The van der Waals surface area contributed by atoms with E-state index >= 15 is 0 Å². The molecule has 25 heavy (non-hydrogen) atoms. The van der Waals surface area contributed by atoms with Gasteiger partial charge in [0, 0.05) is 6.08 Å². The van der Waals surface area contributed by atoms with Crippen LogP contribution in [0.5, 0.6) is 5.75 Å². The predicted molar refractivity (Wildman–Crippen MR) is 92.4 cm³/mol. The summed E-state index contributed by atoms with van der Waals surface area (Å²) in [4.78, 5) is 12.2. The first-order chi connectivity index (χ1) is 12.1. The van der Waals surface area contributed by atoms with E-state index < -0.39 is 6.61 Å². The van der Waals surface area contributed by atoms with Crippen LogP contribution in [0.4, 0.5) is 8.78 Å². The fraction of sp³-hybridized carbons (Fsp3) is 0.250. The molecule has 0 fully saturated rings. The lowest BCUT2D eigenvalue weighted by Gasteiger charge is -2.25. The van der Waals surface area contributed by atoms with Gasteiger partial charge in [-0.2, -0.15) is 8.78 Å². The standard InChI is InChI=1S/C20H19F2NO2/c21-20(22)25-16-11-8-14(9-12-16)10-13-19(24)23-18-7-3-5-15-4-1-2-6-17(15)18/h1-2,4,6,8-13,18,20H,3,5,7H2,(H,23,24)/b13-10+/t18-/m1/s1. The lowest BCUT2D eigenvalue weighted by Crippen LogP contribution is -2.29. The van der Waals surface area contributed by atoms with Crippen LogP contribution in [0.1, 0.15) is 35.6 Å². The maximum absolute atomic E-state index is 12.2. The van der Waals surface area contributed by atoms with E-state index in [0.717, 1.165) is 24.8 Å². The number of aryl methyl sites for hydroxylation is 1. The zero-order valence-corrected chi connectivity index (χ0v) is 13.6. The van der Waals surface area contributed by atoms with Crippen LogP contribution in [0.15, 0.2) is 54.6 Å². The molecule has 2 aromatic carbocycles. The van der Waals surface area contributed by atoms with E-state index in [0.29, 0.717) is 0 Å². The van der Waals surface area contributed by atoms with Gasteiger partial charge in [0.1, 0.15) is 5.75 Å². The number of halogens is 2. The molecule has 0 radical (unpaired) electrons. The number of hydrogen-bond acceptors (Lipinski definition) is 2. The summed E-state index contributed by atoms with van der Waals surface area (Å²) in [5, 5.41) is 3.03. The third-order valence-electron chi connectivity index (χ3n) is 4.22. The fourth-order valence-corrected chi connectivity index (χ4v) is 3.06. The van der Waals surface area contributed by atoms with Crippen molar-refractivity contribution in [2.24, 2.45) is 0 Å². The number of nitrogens with one attached hydrogen (secondary N) is 1. The van der Waals surface area contributed by atoms with Crippen molar-refractivity contribution in [1.82, 2.24) is 5.32 Å². The summed E-state index contributed by atoms with van der Waals surface area (Å²) in [6.45, 7) is -2.84. The van der Waals surface area contributed by atoms with E-state index in [1.807, 2.05) is 12.1 Å². The van der Waals surface area contributed by atoms with E-state index in [1.165, 1.54) is 29.3 Å². The van der Waals surface area contributed by atoms with Gasteiger partial charge in [-0.15, -0.1) is 0 Å². The molecular weight excluding hydrogens is 324 g/mol. The Bertz CT molecular complexity index is 757. The summed E-state index contributed by atoms with van der Waals surface area (Å²) in [6, 6.07) is 14.3. The Balaban J connectivity index is 1.60. The lowest BCUT2D eigenvalue weighted by molar-refractivity contribution is -0.117. The lowest BCUT2D eigenvalue weighted by atomic mass is 9.88. The Morgan fingerprint density at radius 3 is 2.68 bits per heavy atom. The van der Waals surface area contributed by atoms with Crippen LogP contribution in [0.25, 0.3) is 6.08 Å². The van der Waals surface area contributed by atoms with Gasteiger partial charge in [-0.1, -0.05) is 36.4 Å². The molecular formula is C20H19F2NO2. The molecule has 0 spiro atoms. The van der Waals surface area contributed by atoms with E-state index in [2.05, 4.69) is 22.2 Å². The van der Waals surface area contributed by atoms with Crippen molar-refractivity contribution < 1.29 is 18.3 Å². The van der Waals surface area contributed by atoms with Crippen LogP contribution in [0, 0.1) is 0 Å². The average Bonchev–Trinajstić information content (AvgIpc) is 2.61. The van der Waals surface area contributed by atoms with Gasteiger partial charge < -0.3 is 10.1 Å². The minimum Gasteiger partial charge on any atom is -0.435 e. The van der Waals surface area contributed by atoms with Gasteiger partial charge in [-0.05, 0) is 54.2 Å². The highest BCUT2D eigenvalue weighted by molar-refractivity contribution is 5.92. The first kappa shape index (κ1) is 17.1. The third-order valence-corrected chi connectivity index (χ3v) is 4.22. The molecule has 0 aliphatic heterocycles. The summed E-state index contributed by atoms with van der Waals surface area (Å²) >= 11 is 0. The minimum absolute atomic E-state index is 0.0314. The Hall–Kier alpha value is -2.69. The molecule has 0 saturated carbocycles. The van der Waals surface area contributed by atoms with Crippen LogP contribution < -0.4 is 10.1 Å². The first-order valence-electron chi connectivity index (χ1n) is 8.23. The van der Waals surface area contributed by atoms with Crippen LogP contribution in [-0.4, -0.2) is 12.5 Å².